The Morgan fingerprint density at radius 2 is 2.21 bits per heavy atom. The number of amides is 1. The van der Waals surface area contributed by atoms with Crippen LogP contribution < -0.4 is 10.1 Å². The molecular formula is C12H11BrClNO4. The summed E-state index contributed by atoms with van der Waals surface area (Å²) in [5.41, 5.74) is 0. The average molecular weight is 349 g/mol. The molecule has 1 aromatic carbocycles. The van der Waals surface area contributed by atoms with Crippen LogP contribution in [-0.4, -0.2) is 25.2 Å². The van der Waals surface area contributed by atoms with E-state index in [1.54, 1.807) is 18.2 Å². The second kappa shape index (κ2) is 7.81. The maximum atomic E-state index is 11.4. The summed E-state index contributed by atoms with van der Waals surface area (Å²) < 4.78 is 10.3. The molecule has 1 aromatic rings. The zero-order chi connectivity index (χ0) is 14.3. The van der Waals surface area contributed by atoms with Gasteiger partial charge in [-0.1, -0.05) is 18.2 Å². The molecule has 19 heavy (non-hydrogen) atoms. The third-order valence-corrected chi connectivity index (χ3v) is 2.73. The molecule has 0 fully saturated rings. The van der Waals surface area contributed by atoms with E-state index in [1.165, 1.54) is 0 Å². The van der Waals surface area contributed by atoms with Gasteiger partial charge in [0.15, 0.2) is 0 Å². The van der Waals surface area contributed by atoms with Crippen molar-refractivity contribution in [3.05, 3.63) is 40.3 Å². The van der Waals surface area contributed by atoms with Crippen LogP contribution in [0.1, 0.15) is 0 Å². The molecule has 5 nitrogen and oxygen atoms in total. The van der Waals surface area contributed by atoms with Crippen molar-refractivity contribution in [2.24, 2.45) is 0 Å². The largest absolute Gasteiger partial charge is 0.461 e. The minimum atomic E-state index is -0.655. The first-order valence-corrected chi connectivity index (χ1v) is 6.40. The first-order chi connectivity index (χ1) is 9.02. The van der Waals surface area contributed by atoms with Gasteiger partial charge in [-0.2, -0.15) is 0 Å². The summed E-state index contributed by atoms with van der Waals surface area (Å²) in [4.78, 5) is 22.1. The van der Waals surface area contributed by atoms with Gasteiger partial charge in [0.05, 0.1) is 11.0 Å². The Labute approximate surface area is 123 Å². The maximum absolute atomic E-state index is 11.4. The molecule has 1 rings (SSSR count). The molecule has 0 atom stereocenters. The number of halogens is 2. The van der Waals surface area contributed by atoms with Gasteiger partial charge in [0, 0.05) is 11.1 Å². The van der Waals surface area contributed by atoms with Crippen molar-refractivity contribution in [2.45, 2.75) is 0 Å². The Kier molecular flexibility index (Phi) is 6.38. The van der Waals surface area contributed by atoms with Crippen molar-refractivity contribution in [1.82, 2.24) is 5.32 Å². The van der Waals surface area contributed by atoms with E-state index in [2.05, 4.69) is 32.6 Å². The monoisotopic (exact) mass is 347 g/mol. The number of esters is 1. The summed E-state index contributed by atoms with van der Waals surface area (Å²) in [5.74, 6) is -0.208. The highest BCUT2D eigenvalue weighted by Crippen LogP contribution is 2.27. The van der Waals surface area contributed by atoms with E-state index in [0.29, 0.717) is 15.2 Å². The highest BCUT2D eigenvalue weighted by molar-refractivity contribution is 9.10. The van der Waals surface area contributed by atoms with Crippen molar-refractivity contribution in [2.75, 3.05) is 13.2 Å². The number of ether oxygens (including phenoxy) is 2. The molecular weight excluding hydrogens is 337 g/mol. The number of rotatable bonds is 5. The molecule has 0 aliphatic rings. The quantitative estimate of drug-likeness (QED) is 0.505. The van der Waals surface area contributed by atoms with Gasteiger partial charge in [-0.15, -0.1) is 0 Å². The summed E-state index contributed by atoms with van der Waals surface area (Å²) >= 11 is 8.97. The second-order valence-electron chi connectivity index (χ2n) is 3.26. The summed E-state index contributed by atoms with van der Waals surface area (Å²) in [5, 5.41) is 2.95. The number of carbonyl (C=O) groups is 2. The molecule has 1 amide bonds. The molecule has 0 spiro atoms. The van der Waals surface area contributed by atoms with Gasteiger partial charge in [-0.25, -0.2) is 9.59 Å². The van der Waals surface area contributed by atoms with E-state index in [1.807, 2.05) is 0 Å². The molecule has 0 aliphatic heterocycles. The number of nitrogens with one attached hydrogen (secondary N) is 1. The van der Waals surface area contributed by atoms with Crippen LogP contribution in [0.3, 0.4) is 0 Å². The van der Waals surface area contributed by atoms with Gasteiger partial charge < -0.3 is 14.8 Å². The lowest BCUT2D eigenvalue weighted by atomic mass is 10.3. The van der Waals surface area contributed by atoms with E-state index in [9.17, 15) is 9.59 Å². The number of carbonyl (C=O) groups excluding carboxylic acids is 2. The molecule has 102 valence electrons. The predicted molar refractivity (Wildman–Crippen MR) is 74.3 cm³/mol. The highest BCUT2D eigenvalue weighted by Gasteiger charge is 2.08. The number of hydrogen-bond acceptors (Lipinski definition) is 4. The van der Waals surface area contributed by atoms with E-state index >= 15 is 0 Å². The number of benzene rings is 1. The summed E-state index contributed by atoms with van der Waals surface area (Å²) in [6.45, 7) is 3.43. The first kappa shape index (κ1) is 15.5. The van der Waals surface area contributed by atoms with Crippen LogP contribution in [0.4, 0.5) is 4.79 Å². The molecule has 0 saturated carbocycles. The van der Waals surface area contributed by atoms with Crippen LogP contribution >= 0.6 is 27.5 Å². The van der Waals surface area contributed by atoms with Crippen molar-refractivity contribution in [3.8, 4) is 5.75 Å². The Morgan fingerprint density at radius 1 is 1.47 bits per heavy atom. The highest BCUT2D eigenvalue weighted by atomic mass is 79.9. The fraction of sp³-hybridized carbons (Fsp3) is 0.167. The van der Waals surface area contributed by atoms with Crippen LogP contribution in [0.15, 0.2) is 35.3 Å². The molecule has 0 unspecified atom stereocenters. The molecule has 0 bridgehead atoms. The Bertz CT molecular complexity index is 493. The van der Waals surface area contributed by atoms with Crippen LogP contribution in [0.25, 0.3) is 0 Å². The SMILES string of the molecule is C=CC(=O)OCCNC(=O)Oc1ccc(Cl)cc1Br. The zero-order valence-corrected chi connectivity index (χ0v) is 12.2. The predicted octanol–water partition coefficient (Wildman–Crippen LogP) is 2.92. The van der Waals surface area contributed by atoms with E-state index < -0.39 is 12.1 Å². The van der Waals surface area contributed by atoms with Gasteiger partial charge in [0.25, 0.3) is 0 Å². The van der Waals surface area contributed by atoms with E-state index in [4.69, 9.17) is 16.3 Å². The minimum absolute atomic E-state index is 0.0434. The topological polar surface area (TPSA) is 64.6 Å². The van der Waals surface area contributed by atoms with Gasteiger partial charge in [0.2, 0.25) is 0 Å². The molecule has 0 radical (unpaired) electrons. The molecule has 0 heterocycles. The van der Waals surface area contributed by atoms with Gasteiger partial charge >= 0.3 is 12.1 Å². The third-order valence-electron chi connectivity index (χ3n) is 1.88. The summed E-state index contributed by atoms with van der Waals surface area (Å²) in [6.07, 6.45) is 0.390. The standard InChI is InChI=1S/C12H11BrClNO4/c1-2-11(16)18-6-5-15-12(17)19-10-4-3-8(14)7-9(10)13/h2-4,7H,1,5-6H2,(H,15,17). The molecule has 7 heteroatoms. The Morgan fingerprint density at radius 3 is 2.84 bits per heavy atom. The van der Waals surface area contributed by atoms with Crippen LogP contribution in [0.5, 0.6) is 5.75 Å². The number of hydrogen-bond donors (Lipinski definition) is 1. The Balaban J connectivity index is 2.35. The van der Waals surface area contributed by atoms with Crippen LogP contribution in [-0.2, 0) is 9.53 Å². The lowest BCUT2D eigenvalue weighted by molar-refractivity contribution is -0.137. The Hall–Kier alpha value is -1.53. The van der Waals surface area contributed by atoms with Crippen LogP contribution in [0.2, 0.25) is 5.02 Å². The normalized spacial score (nSPS) is 9.58. The zero-order valence-electron chi connectivity index (χ0n) is 9.82. The average Bonchev–Trinajstić information content (AvgIpc) is 2.37. The smallest absolute Gasteiger partial charge is 0.412 e. The summed E-state index contributed by atoms with van der Waals surface area (Å²) in [6, 6.07) is 4.76. The van der Waals surface area contributed by atoms with Gasteiger partial charge in [0.1, 0.15) is 12.4 Å². The second-order valence-corrected chi connectivity index (χ2v) is 4.55. The fourth-order valence-corrected chi connectivity index (χ4v) is 1.82. The van der Waals surface area contributed by atoms with Gasteiger partial charge in [-0.3, -0.25) is 0 Å². The van der Waals surface area contributed by atoms with E-state index in [0.717, 1.165) is 6.08 Å². The molecule has 0 aliphatic carbocycles. The maximum Gasteiger partial charge on any atom is 0.412 e. The lowest BCUT2D eigenvalue weighted by Gasteiger charge is -2.08. The van der Waals surface area contributed by atoms with Crippen molar-refractivity contribution in [3.63, 3.8) is 0 Å². The van der Waals surface area contributed by atoms with Crippen molar-refractivity contribution < 1.29 is 19.1 Å². The summed E-state index contributed by atoms with van der Waals surface area (Å²) in [7, 11) is 0. The van der Waals surface area contributed by atoms with Crippen molar-refractivity contribution in [1.29, 1.82) is 0 Å². The minimum Gasteiger partial charge on any atom is -0.461 e. The lowest BCUT2D eigenvalue weighted by Crippen LogP contribution is -2.30. The van der Waals surface area contributed by atoms with Crippen molar-refractivity contribution >= 4 is 39.6 Å². The molecule has 0 saturated heterocycles. The third kappa shape index (κ3) is 5.76. The van der Waals surface area contributed by atoms with E-state index in [-0.39, 0.29) is 13.2 Å². The fourth-order valence-electron chi connectivity index (χ4n) is 1.06. The first-order valence-electron chi connectivity index (χ1n) is 5.23. The van der Waals surface area contributed by atoms with Gasteiger partial charge in [-0.05, 0) is 34.1 Å². The van der Waals surface area contributed by atoms with Crippen LogP contribution in [0, 0.1) is 0 Å². The molecule has 1 N–H and O–H groups in total. The molecule has 0 aromatic heterocycles.